The first-order valence-corrected chi connectivity index (χ1v) is 8.73. The van der Waals surface area contributed by atoms with Crippen LogP contribution in [0.4, 0.5) is 11.4 Å². The Morgan fingerprint density at radius 1 is 0.846 bits per heavy atom. The Bertz CT molecular complexity index is 924. The SMILES string of the molecule is COC(=O)c1ccccc1N(C(=O)c1ccc(Br)cc1)c1ccccc1. The molecule has 0 radical (unpaired) electrons. The van der Waals surface area contributed by atoms with Crippen molar-refractivity contribution in [2.75, 3.05) is 12.0 Å². The number of hydrogen-bond acceptors (Lipinski definition) is 3. The highest BCUT2D eigenvalue weighted by atomic mass is 79.9. The molecule has 3 aromatic rings. The van der Waals surface area contributed by atoms with Crippen molar-refractivity contribution in [2.24, 2.45) is 0 Å². The molecule has 3 rings (SSSR count). The summed E-state index contributed by atoms with van der Waals surface area (Å²) in [5.74, 6) is -0.731. The Hall–Kier alpha value is -2.92. The lowest BCUT2D eigenvalue weighted by molar-refractivity contribution is 0.0601. The Morgan fingerprint density at radius 2 is 1.46 bits per heavy atom. The van der Waals surface area contributed by atoms with E-state index in [9.17, 15) is 9.59 Å². The molecule has 5 heteroatoms. The highest BCUT2D eigenvalue weighted by molar-refractivity contribution is 9.10. The van der Waals surface area contributed by atoms with E-state index in [0.29, 0.717) is 22.5 Å². The van der Waals surface area contributed by atoms with E-state index in [2.05, 4.69) is 15.9 Å². The van der Waals surface area contributed by atoms with Crippen LogP contribution in [0.5, 0.6) is 0 Å². The number of ether oxygens (including phenoxy) is 1. The second-order valence-electron chi connectivity index (χ2n) is 5.49. The third-order valence-electron chi connectivity index (χ3n) is 3.86. The van der Waals surface area contributed by atoms with Gasteiger partial charge in [0, 0.05) is 15.7 Å². The Balaban J connectivity index is 2.16. The number of para-hydroxylation sites is 2. The van der Waals surface area contributed by atoms with Crippen molar-refractivity contribution in [3.8, 4) is 0 Å². The minimum absolute atomic E-state index is 0.236. The molecule has 4 nitrogen and oxygen atoms in total. The van der Waals surface area contributed by atoms with Crippen LogP contribution >= 0.6 is 15.9 Å². The van der Waals surface area contributed by atoms with Gasteiger partial charge in [-0.2, -0.15) is 0 Å². The number of rotatable bonds is 4. The lowest BCUT2D eigenvalue weighted by Gasteiger charge is -2.25. The maximum atomic E-state index is 13.3. The van der Waals surface area contributed by atoms with E-state index >= 15 is 0 Å². The number of methoxy groups -OCH3 is 1. The summed E-state index contributed by atoms with van der Waals surface area (Å²) >= 11 is 3.38. The summed E-state index contributed by atoms with van der Waals surface area (Å²) in [6, 6.07) is 23.2. The predicted octanol–water partition coefficient (Wildman–Crippen LogP) is 5.21. The molecule has 0 fully saturated rings. The van der Waals surface area contributed by atoms with Crippen LogP contribution in [0.25, 0.3) is 0 Å². The summed E-state index contributed by atoms with van der Waals surface area (Å²) in [7, 11) is 1.32. The molecule has 26 heavy (non-hydrogen) atoms. The van der Waals surface area contributed by atoms with E-state index in [0.717, 1.165) is 4.47 Å². The topological polar surface area (TPSA) is 46.6 Å². The molecule has 0 aliphatic carbocycles. The van der Waals surface area contributed by atoms with Crippen LogP contribution < -0.4 is 4.90 Å². The molecule has 1 amide bonds. The molecule has 0 heterocycles. The van der Waals surface area contributed by atoms with E-state index in [1.54, 1.807) is 36.4 Å². The Kier molecular flexibility index (Phi) is 5.49. The molecule has 0 unspecified atom stereocenters. The normalized spacial score (nSPS) is 10.2. The number of esters is 1. The molecule has 0 spiro atoms. The Labute approximate surface area is 160 Å². The van der Waals surface area contributed by atoms with E-state index in [1.807, 2.05) is 42.5 Å². The van der Waals surface area contributed by atoms with Gasteiger partial charge in [-0.3, -0.25) is 9.69 Å². The van der Waals surface area contributed by atoms with Crippen molar-refractivity contribution in [1.29, 1.82) is 0 Å². The largest absolute Gasteiger partial charge is 0.465 e. The molecule has 130 valence electrons. The van der Waals surface area contributed by atoms with Crippen molar-refractivity contribution in [2.45, 2.75) is 0 Å². The minimum atomic E-state index is -0.495. The van der Waals surface area contributed by atoms with Gasteiger partial charge < -0.3 is 4.74 Å². The van der Waals surface area contributed by atoms with Crippen molar-refractivity contribution >= 4 is 39.2 Å². The second-order valence-corrected chi connectivity index (χ2v) is 6.41. The summed E-state index contributed by atoms with van der Waals surface area (Å²) in [4.78, 5) is 27.0. The van der Waals surface area contributed by atoms with Gasteiger partial charge in [-0.15, -0.1) is 0 Å². The summed E-state index contributed by atoms with van der Waals surface area (Å²) in [5.41, 5.74) is 1.97. The molecule has 0 atom stereocenters. The minimum Gasteiger partial charge on any atom is -0.465 e. The third kappa shape index (κ3) is 3.68. The lowest BCUT2D eigenvalue weighted by Crippen LogP contribution is -2.27. The fraction of sp³-hybridized carbons (Fsp3) is 0.0476. The van der Waals surface area contributed by atoms with Gasteiger partial charge >= 0.3 is 5.97 Å². The molecule has 0 saturated carbocycles. The number of amides is 1. The third-order valence-corrected chi connectivity index (χ3v) is 4.39. The van der Waals surface area contributed by atoms with Crippen molar-refractivity contribution < 1.29 is 14.3 Å². The van der Waals surface area contributed by atoms with Crippen molar-refractivity contribution in [3.05, 3.63) is 94.5 Å². The monoisotopic (exact) mass is 409 g/mol. The van der Waals surface area contributed by atoms with Gasteiger partial charge in [-0.05, 0) is 48.5 Å². The molecule has 3 aromatic carbocycles. The highest BCUT2D eigenvalue weighted by Crippen LogP contribution is 2.31. The number of carbonyl (C=O) groups is 2. The maximum absolute atomic E-state index is 13.3. The average Bonchev–Trinajstić information content (AvgIpc) is 2.69. The zero-order valence-electron chi connectivity index (χ0n) is 14.1. The van der Waals surface area contributed by atoms with Crippen LogP contribution in [-0.4, -0.2) is 19.0 Å². The number of nitrogens with zero attached hydrogens (tertiary/aromatic N) is 1. The molecule has 0 aliphatic heterocycles. The summed E-state index contributed by atoms with van der Waals surface area (Å²) in [5, 5.41) is 0. The standard InChI is InChI=1S/C21H16BrNO3/c1-26-21(25)18-9-5-6-10-19(18)23(17-7-3-2-4-8-17)20(24)15-11-13-16(22)14-12-15/h2-14H,1H3. The van der Waals surface area contributed by atoms with Crippen LogP contribution in [0.1, 0.15) is 20.7 Å². The van der Waals surface area contributed by atoms with Gasteiger partial charge in [0.15, 0.2) is 0 Å². The maximum Gasteiger partial charge on any atom is 0.339 e. The molecule has 0 saturated heterocycles. The predicted molar refractivity (Wildman–Crippen MR) is 105 cm³/mol. The lowest BCUT2D eigenvalue weighted by atomic mass is 10.1. The van der Waals surface area contributed by atoms with Crippen LogP contribution in [0, 0.1) is 0 Å². The molecule has 0 bridgehead atoms. The summed E-state index contributed by atoms with van der Waals surface area (Å²) in [6.07, 6.45) is 0. The number of benzene rings is 3. The number of anilines is 2. The van der Waals surface area contributed by atoms with Crippen LogP contribution in [0.2, 0.25) is 0 Å². The Morgan fingerprint density at radius 3 is 2.12 bits per heavy atom. The van der Waals surface area contributed by atoms with E-state index < -0.39 is 5.97 Å². The van der Waals surface area contributed by atoms with E-state index in [4.69, 9.17) is 4.74 Å². The zero-order valence-corrected chi connectivity index (χ0v) is 15.6. The zero-order chi connectivity index (χ0) is 18.5. The number of halogens is 1. The molecular formula is C21H16BrNO3. The quantitative estimate of drug-likeness (QED) is 0.555. The van der Waals surface area contributed by atoms with Gasteiger partial charge in [0.05, 0.1) is 18.4 Å². The molecular weight excluding hydrogens is 394 g/mol. The molecule has 0 N–H and O–H groups in total. The summed E-state index contributed by atoms with van der Waals surface area (Å²) in [6.45, 7) is 0. The first-order valence-electron chi connectivity index (χ1n) is 7.94. The van der Waals surface area contributed by atoms with E-state index in [1.165, 1.54) is 12.0 Å². The summed E-state index contributed by atoms with van der Waals surface area (Å²) < 4.78 is 5.77. The number of hydrogen-bond donors (Lipinski definition) is 0. The van der Waals surface area contributed by atoms with Crippen LogP contribution in [-0.2, 0) is 4.74 Å². The number of carbonyl (C=O) groups excluding carboxylic acids is 2. The second kappa shape index (κ2) is 7.97. The van der Waals surface area contributed by atoms with Gasteiger partial charge in [0.1, 0.15) is 0 Å². The van der Waals surface area contributed by atoms with Crippen molar-refractivity contribution in [3.63, 3.8) is 0 Å². The first-order chi connectivity index (χ1) is 12.6. The van der Waals surface area contributed by atoms with Gasteiger partial charge in [-0.25, -0.2) is 4.79 Å². The average molecular weight is 410 g/mol. The van der Waals surface area contributed by atoms with Gasteiger partial charge in [0.2, 0.25) is 0 Å². The molecule has 0 aliphatic rings. The smallest absolute Gasteiger partial charge is 0.339 e. The fourth-order valence-corrected chi connectivity index (χ4v) is 2.88. The fourth-order valence-electron chi connectivity index (χ4n) is 2.62. The first kappa shape index (κ1) is 17.9. The van der Waals surface area contributed by atoms with Crippen LogP contribution in [0.3, 0.4) is 0 Å². The molecule has 0 aromatic heterocycles. The van der Waals surface area contributed by atoms with Crippen LogP contribution in [0.15, 0.2) is 83.3 Å². The van der Waals surface area contributed by atoms with Gasteiger partial charge in [0.25, 0.3) is 5.91 Å². The van der Waals surface area contributed by atoms with Gasteiger partial charge in [-0.1, -0.05) is 46.3 Å². The van der Waals surface area contributed by atoms with Crippen molar-refractivity contribution in [1.82, 2.24) is 0 Å². The highest BCUT2D eigenvalue weighted by Gasteiger charge is 2.24. The van der Waals surface area contributed by atoms with E-state index in [-0.39, 0.29) is 5.91 Å².